The van der Waals surface area contributed by atoms with Crippen molar-refractivity contribution in [2.75, 3.05) is 13.7 Å². The number of carbonyl (C=O) groups excluding carboxylic acids is 1. The monoisotopic (exact) mass is 349 g/mol. The van der Waals surface area contributed by atoms with Crippen LogP contribution in [0.4, 0.5) is 0 Å². The summed E-state index contributed by atoms with van der Waals surface area (Å²) in [6, 6.07) is 5.61. The number of aryl methyl sites for hydroxylation is 1. The highest BCUT2D eigenvalue weighted by atomic mass is 79.9. The van der Waals surface area contributed by atoms with Gasteiger partial charge in [0.25, 0.3) is 0 Å². The minimum Gasteiger partial charge on any atom is -0.489 e. The Hall–Kier alpha value is -0.780. The van der Waals surface area contributed by atoms with Gasteiger partial charge < -0.3 is 14.8 Å². The van der Waals surface area contributed by atoms with Crippen molar-refractivity contribution >= 4 is 34.3 Å². The number of nitrogens with one attached hydrogen (secondary N) is 1. The van der Waals surface area contributed by atoms with Crippen molar-refractivity contribution in [3.05, 3.63) is 28.2 Å². The summed E-state index contributed by atoms with van der Waals surface area (Å²) in [5, 5.41) is 3.09. The predicted octanol–water partition coefficient (Wildman–Crippen LogP) is 2.46. The molecule has 1 heterocycles. The molecule has 1 saturated heterocycles. The molecule has 0 aromatic heterocycles. The van der Waals surface area contributed by atoms with Crippen molar-refractivity contribution in [2.24, 2.45) is 0 Å². The lowest BCUT2D eigenvalue weighted by Gasteiger charge is -2.13. The van der Waals surface area contributed by atoms with Gasteiger partial charge in [-0.2, -0.15) is 0 Å². The van der Waals surface area contributed by atoms with E-state index >= 15 is 0 Å². The van der Waals surface area contributed by atoms with Crippen molar-refractivity contribution in [3.8, 4) is 5.75 Å². The first-order chi connectivity index (χ1) is 8.60. The van der Waals surface area contributed by atoms with Gasteiger partial charge in [-0.05, 0) is 30.7 Å². The highest BCUT2D eigenvalue weighted by Gasteiger charge is 2.31. The summed E-state index contributed by atoms with van der Waals surface area (Å²) in [6.45, 7) is 2.68. The van der Waals surface area contributed by atoms with Crippen LogP contribution < -0.4 is 10.1 Å². The average Bonchev–Trinajstić information content (AvgIpc) is 2.81. The molecule has 0 unspecified atom stereocenters. The van der Waals surface area contributed by atoms with Crippen molar-refractivity contribution in [3.63, 3.8) is 0 Å². The topological polar surface area (TPSA) is 47.6 Å². The SMILES string of the molecule is COC(=O)[C@@H]1C[C@H](Oc2ccc(Br)c(C)c2)CN1.Cl. The van der Waals surface area contributed by atoms with E-state index in [2.05, 4.69) is 21.2 Å². The Kier molecular flexibility index (Phi) is 6.10. The van der Waals surface area contributed by atoms with Crippen molar-refractivity contribution < 1.29 is 14.3 Å². The molecule has 2 rings (SSSR count). The van der Waals surface area contributed by atoms with Gasteiger partial charge in [-0.1, -0.05) is 15.9 Å². The Bertz CT molecular complexity index is 456. The van der Waals surface area contributed by atoms with Crippen molar-refractivity contribution in [1.29, 1.82) is 0 Å². The summed E-state index contributed by atoms with van der Waals surface area (Å²) in [5.41, 5.74) is 1.13. The van der Waals surface area contributed by atoms with E-state index < -0.39 is 0 Å². The van der Waals surface area contributed by atoms with Crippen LogP contribution in [0.3, 0.4) is 0 Å². The van der Waals surface area contributed by atoms with Gasteiger partial charge in [-0.15, -0.1) is 12.4 Å². The smallest absolute Gasteiger partial charge is 0.323 e. The number of hydrogen-bond acceptors (Lipinski definition) is 4. The molecule has 0 radical (unpaired) electrons. The molecule has 0 saturated carbocycles. The number of benzene rings is 1. The second kappa shape index (κ2) is 7.12. The van der Waals surface area contributed by atoms with E-state index in [4.69, 9.17) is 9.47 Å². The van der Waals surface area contributed by atoms with E-state index in [0.717, 1.165) is 15.8 Å². The number of ether oxygens (including phenoxy) is 2. The van der Waals surface area contributed by atoms with Gasteiger partial charge in [-0.3, -0.25) is 4.79 Å². The van der Waals surface area contributed by atoms with Crippen LogP contribution in [-0.2, 0) is 9.53 Å². The van der Waals surface area contributed by atoms with E-state index in [0.29, 0.717) is 13.0 Å². The Morgan fingerprint density at radius 2 is 2.21 bits per heavy atom. The van der Waals surface area contributed by atoms with E-state index in [9.17, 15) is 4.79 Å². The molecule has 0 amide bonds. The fourth-order valence-electron chi connectivity index (χ4n) is 2.00. The third-order valence-corrected chi connectivity index (χ3v) is 3.90. The molecular formula is C13H17BrClNO3. The molecule has 1 aliphatic rings. The zero-order chi connectivity index (χ0) is 13.1. The molecule has 106 valence electrons. The molecule has 0 spiro atoms. The molecule has 1 N–H and O–H groups in total. The Morgan fingerprint density at radius 3 is 2.84 bits per heavy atom. The van der Waals surface area contributed by atoms with Gasteiger partial charge in [0, 0.05) is 17.4 Å². The van der Waals surface area contributed by atoms with Crippen LogP contribution in [-0.4, -0.2) is 31.8 Å². The molecule has 6 heteroatoms. The molecule has 1 aliphatic heterocycles. The summed E-state index contributed by atoms with van der Waals surface area (Å²) in [6.07, 6.45) is 0.650. The lowest BCUT2D eigenvalue weighted by Crippen LogP contribution is -2.31. The van der Waals surface area contributed by atoms with Crippen LogP contribution >= 0.6 is 28.3 Å². The largest absolute Gasteiger partial charge is 0.489 e. The minimum absolute atomic E-state index is 0. The van der Waals surface area contributed by atoms with Crippen LogP contribution in [0.15, 0.2) is 22.7 Å². The highest BCUT2D eigenvalue weighted by molar-refractivity contribution is 9.10. The summed E-state index contributed by atoms with van der Waals surface area (Å²) in [4.78, 5) is 11.4. The molecule has 2 atom stereocenters. The second-order valence-electron chi connectivity index (χ2n) is 4.37. The first kappa shape index (κ1) is 16.3. The van der Waals surface area contributed by atoms with Gasteiger partial charge in [0.05, 0.1) is 7.11 Å². The molecule has 1 aromatic carbocycles. The molecule has 0 bridgehead atoms. The maximum Gasteiger partial charge on any atom is 0.323 e. The number of rotatable bonds is 3. The van der Waals surface area contributed by atoms with Gasteiger partial charge in [-0.25, -0.2) is 0 Å². The standard InChI is InChI=1S/C13H16BrNO3.ClH/c1-8-5-9(3-4-11(8)14)18-10-6-12(15-7-10)13(16)17-2;/h3-5,10,12,15H,6-7H2,1-2H3;1H/t10-,12-;/m0./s1. The number of hydrogen-bond donors (Lipinski definition) is 1. The highest BCUT2D eigenvalue weighted by Crippen LogP contribution is 2.24. The van der Waals surface area contributed by atoms with Crippen LogP contribution in [0.2, 0.25) is 0 Å². The number of carbonyl (C=O) groups is 1. The quantitative estimate of drug-likeness (QED) is 0.851. The van der Waals surface area contributed by atoms with Crippen LogP contribution in [0.1, 0.15) is 12.0 Å². The molecular weight excluding hydrogens is 334 g/mol. The summed E-state index contributed by atoms with van der Waals surface area (Å²) < 4.78 is 11.6. The lowest BCUT2D eigenvalue weighted by molar-refractivity contribution is -0.142. The molecule has 1 aromatic rings. The van der Waals surface area contributed by atoms with E-state index in [1.54, 1.807) is 0 Å². The molecule has 1 fully saturated rings. The summed E-state index contributed by atoms with van der Waals surface area (Å²) in [5.74, 6) is 0.598. The molecule has 4 nitrogen and oxygen atoms in total. The predicted molar refractivity (Wildman–Crippen MR) is 79.0 cm³/mol. The number of halogens is 2. The normalized spacial score (nSPS) is 21.6. The third-order valence-electron chi connectivity index (χ3n) is 3.01. The van der Waals surface area contributed by atoms with Crippen LogP contribution in [0.5, 0.6) is 5.75 Å². The maximum absolute atomic E-state index is 11.4. The van der Waals surface area contributed by atoms with E-state index in [1.807, 2.05) is 25.1 Å². The molecule has 0 aliphatic carbocycles. The van der Waals surface area contributed by atoms with Gasteiger partial charge in [0.2, 0.25) is 0 Å². The Balaban J connectivity index is 0.00000180. The fourth-order valence-corrected chi connectivity index (χ4v) is 2.24. The van der Waals surface area contributed by atoms with Crippen LogP contribution in [0, 0.1) is 6.92 Å². The van der Waals surface area contributed by atoms with E-state index in [-0.39, 0.29) is 30.5 Å². The first-order valence-corrected chi connectivity index (χ1v) is 6.63. The van der Waals surface area contributed by atoms with Gasteiger partial charge >= 0.3 is 5.97 Å². The zero-order valence-electron chi connectivity index (χ0n) is 10.8. The van der Waals surface area contributed by atoms with Crippen molar-refractivity contribution in [2.45, 2.75) is 25.5 Å². The second-order valence-corrected chi connectivity index (χ2v) is 5.22. The summed E-state index contributed by atoms with van der Waals surface area (Å²) >= 11 is 3.45. The number of esters is 1. The Labute approximate surface area is 127 Å². The zero-order valence-corrected chi connectivity index (χ0v) is 13.2. The minimum atomic E-state index is -0.253. The molecule has 19 heavy (non-hydrogen) atoms. The van der Waals surface area contributed by atoms with Crippen LogP contribution in [0.25, 0.3) is 0 Å². The third kappa shape index (κ3) is 4.09. The lowest BCUT2D eigenvalue weighted by atomic mass is 10.2. The van der Waals surface area contributed by atoms with E-state index in [1.165, 1.54) is 7.11 Å². The van der Waals surface area contributed by atoms with Gasteiger partial charge in [0.1, 0.15) is 17.9 Å². The van der Waals surface area contributed by atoms with Crippen molar-refractivity contribution in [1.82, 2.24) is 5.32 Å². The van der Waals surface area contributed by atoms with Gasteiger partial charge in [0.15, 0.2) is 0 Å². The number of methoxy groups -OCH3 is 1. The average molecular weight is 351 g/mol. The Morgan fingerprint density at radius 1 is 1.47 bits per heavy atom. The first-order valence-electron chi connectivity index (χ1n) is 5.84. The maximum atomic E-state index is 11.4. The summed E-state index contributed by atoms with van der Waals surface area (Å²) in [7, 11) is 1.40. The fraction of sp³-hybridized carbons (Fsp3) is 0.462.